The Hall–Kier alpha value is -3.14. The number of hydrogen-bond donors (Lipinski definition) is 1. The summed E-state index contributed by atoms with van der Waals surface area (Å²) in [4.78, 5) is 18.9. The molecule has 0 atom stereocenters. The van der Waals surface area contributed by atoms with Gasteiger partial charge >= 0.3 is 0 Å². The van der Waals surface area contributed by atoms with Gasteiger partial charge in [0.15, 0.2) is 0 Å². The van der Waals surface area contributed by atoms with Crippen LogP contribution in [0.2, 0.25) is 0 Å². The van der Waals surface area contributed by atoms with Crippen LogP contribution in [0.4, 0.5) is 17.1 Å². The van der Waals surface area contributed by atoms with Crippen LogP contribution < -0.4 is 10.2 Å². The van der Waals surface area contributed by atoms with Crippen molar-refractivity contribution in [1.29, 1.82) is 0 Å². The van der Waals surface area contributed by atoms with Crippen molar-refractivity contribution in [2.24, 2.45) is 0 Å². The molecule has 4 nitrogen and oxygen atoms in total. The first-order valence-electron chi connectivity index (χ1n) is 8.34. The second kappa shape index (κ2) is 7.62. The van der Waals surface area contributed by atoms with Gasteiger partial charge in [-0.2, -0.15) is 0 Å². The molecule has 0 aliphatic carbocycles. The number of aromatic nitrogens is 1. The summed E-state index contributed by atoms with van der Waals surface area (Å²) in [6.07, 6.45) is 1.66. The van der Waals surface area contributed by atoms with E-state index in [-0.39, 0.29) is 5.91 Å². The fourth-order valence-electron chi connectivity index (χ4n) is 2.69. The molecule has 1 heterocycles. The van der Waals surface area contributed by atoms with Crippen LogP contribution in [0.3, 0.4) is 0 Å². The molecule has 1 aromatic heterocycles. The predicted octanol–water partition coefficient (Wildman–Crippen LogP) is 4.80. The number of benzene rings is 2. The SMILES string of the molecule is CCN(C(=O)c1cc(Nc2ccccc2)ccn1)c1cccc(C)c1. The van der Waals surface area contributed by atoms with Crippen molar-refractivity contribution in [3.63, 3.8) is 0 Å². The fraction of sp³-hybridized carbons (Fsp3) is 0.143. The average molecular weight is 331 g/mol. The summed E-state index contributed by atoms with van der Waals surface area (Å²) in [6.45, 7) is 4.57. The molecule has 3 rings (SSSR count). The molecule has 0 unspecified atom stereocenters. The lowest BCUT2D eigenvalue weighted by Crippen LogP contribution is -2.31. The van der Waals surface area contributed by atoms with Crippen LogP contribution in [-0.4, -0.2) is 17.4 Å². The molecular formula is C21H21N3O. The van der Waals surface area contributed by atoms with Gasteiger partial charge in [0.25, 0.3) is 5.91 Å². The Labute approximate surface area is 148 Å². The van der Waals surface area contributed by atoms with Gasteiger partial charge in [0.2, 0.25) is 0 Å². The molecule has 0 aliphatic rings. The maximum Gasteiger partial charge on any atom is 0.276 e. The summed E-state index contributed by atoms with van der Waals surface area (Å²) in [5, 5.41) is 3.29. The van der Waals surface area contributed by atoms with E-state index in [0.29, 0.717) is 12.2 Å². The quantitative estimate of drug-likeness (QED) is 0.730. The Kier molecular flexibility index (Phi) is 5.09. The van der Waals surface area contributed by atoms with E-state index in [1.54, 1.807) is 17.2 Å². The van der Waals surface area contributed by atoms with Crippen molar-refractivity contribution in [2.45, 2.75) is 13.8 Å². The number of carbonyl (C=O) groups excluding carboxylic acids is 1. The van der Waals surface area contributed by atoms with Crippen LogP contribution in [0, 0.1) is 6.92 Å². The molecule has 126 valence electrons. The Morgan fingerprint density at radius 2 is 1.80 bits per heavy atom. The number of carbonyl (C=O) groups is 1. The van der Waals surface area contributed by atoms with Crippen molar-refractivity contribution in [2.75, 3.05) is 16.8 Å². The van der Waals surface area contributed by atoms with Crippen LogP contribution in [0.15, 0.2) is 72.9 Å². The van der Waals surface area contributed by atoms with E-state index in [0.717, 1.165) is 22.6 Å². The molecule has 25 heavy (non-hydrogen) atoms. The van der Waals surface area contributed by atoms with Crippen molar-refractivity contribution in [1.82, 2.24) is 4.98 Å². The lowest BCUT2D eigenvalue weighted by atomic mass is 10.2. The molecule has 1 N–H and O–H groups in total. The molecule has 0 saturated carbocycles. The molecular weight excluding hydrogens is 310 g/mol. The topological polar surface area (TPSA) is 45.2 Å². The summed E-state index contributed by atoms with van der Waals surface area (Å²) in [7, 11) is 0. The first kappa shape index (κ1) is 16.7. The van der Waals surface area contributed by atoms with Gasteiger partial charge in [-0.3, -0.25) is 9.78 Å². The smallest absolute Gasteiger partial charge is 0.276 e. The molecule has 0 fully saturated rings. The summed E-state index contributed by atoms with van der Waals surface area (Å²) in [5.74, 6) is -0.107. The zero-order chi connectivity index (χ0) is 17.6. The molecule has 0 saturated heterocycles. The highest BCUT2D eigenvalue weighted by Crippen LogP contribution is 2.20. The van der Waals surface area contributed by atoms with E-state index in [4.69, 9.17) is 0 Å². The highest BCUT2D eigenvalue weighted by Gasteiger charge is 2.17. The van der Waals surface area contributed by atoms with Crippen molar-refractivity contribution in [3.8, 4) is 0 Å². The maximum absolute atomic E-state index is 12.9. The summed E-state index contributed by atoms with van der Waals surface area (Å²) < 4.78 is 0. The monoisotopic (exact) mass is 331 g/mol. The van der Waals surface area contributed by atoms with E-state index < -0.39 is 0 Å². The second-order valence-electron chi connectivity index (χ2n) is 5.81. The van der Waals surface area contributed by atoms with Crippen LogP contribution in [0.25, 0.3) is 0 Å². The number of anilines is 3. The molecule has 0 aliphatic heterocycles. The van der Waals surface area contributed by atoms with Gasteiger partial charge in [0, 0.05) is 29.8 Å². The fourth-order valence-corrected chi connectivity index (χ4v) is 2.69. The predicted molar refractivity (Wildman–Crippen MR) is 102 cm³/mol. The summed E-state index contributed by atoms with van der Waals surface area (Å²) in [6, 6.07) is 21.4. The van der Waals surface area contributed by atoms with Crippen molar-refractivity contribution in [3.05, 3.63) is 84.2 Å². The van der Waals surface area contributed by atoms with Crippen LogP contribution in [0.1, 0.15) is 23.0 Å². The maximum atomic E-state index is 12.9. The number of para-hydroxylation sites is 1. The lowest BCUT2D eigenvalue weighted by Gasteiger charge is -2.21. The minimum atomic E-state index is -0.107. The first-order valence-corrected chi connectivity index (χ1v) is 8.34. The highest BCUT2D eigenvalue weighted by atomic mass is 16.2. The molecule has 4 heteroatoms. The van der Waals surface area contributed by atoms with Crippen molar-refractivity contribution < 1.29 is 4.79 Å². The molecule has 2 aromatic carbocycles. The Morgan fingerprint density at radius 1 is 1.00 bits per heavy atom. The molecule has 0 spiro atoms. The summed E-state index contributed by atoms with van der Waals surface area (Å²) >= 11 is 0. The van der Waals surface area contributed by atoms with Gasteiger partial charge in [0.05, 0.1) is 0 Å². The second-order valence-corrected chi connectivity index (χ2v) is 5.81. The third kappa shape index (κ3) is 4.04. The number of rotatable bonds is 5. The molecule has 0 radical (unpaired) electrons. The minimum Gasteiger partial charge on any atom is -0.355 e. The number of nitrogens with one attached hydrogen (secondary N) is 1. The van der Waals surface area contributed by atoms with Crippen LogP contribution >= 0.6 is 0 Å². The lowest BCUT2D eigenvalue weighted by molar-refractivity contribution is 0.0983. The van der Waals surface area contributed by atoms with E-state index in [2.05, 4.69) is 10.3 Å². The van der Waals surface area contributed by atoms with Gasteiger partial charge in [-0.05, 0) is 55.8 Å². The van der Waals surface area contributed by atoms with Crippen LogP contribution in [-0.2, 0) is 0 Å². The largest absolute Gasteiger partial charge is 0.355 e. The number of aryl methyl sites for hydroxylation is 1. The molecule has 1 amide bonds. The Balaban J connectivity index is 1.85. The van der Waals surface area contributed by atoms with E-state index in [1.165, 1.54) is 0 Å². The average Bonchev–Trinajstić information content (AvgIpc) is 2.63. The van der Waals surface area contributed by atoms with Crippen LogP contribution in [0.5, 0.6) is 0 Å². The normalized spacial score (nSPS) is 10.3. The number of pyridine rings is 1. The standard InChI is InChI=1S/C21H21N3O/c1-3-24(19-11-7-8-16(2)14-19)21(25)20-15-18(12-13-22-20)23-17-9-5-4-6-10-17/h4-15H,3H2,1-2H3,(H,22,23). The zero-order valence-corrected chi connectivity index (χ0v) is 14.4. The number of hydrogen-bond acceptors (Lipinski definition) is 3. The minimum absolute atomic E-state index is 0.107. The van der Waals surface area contributed by atoms with Gasteiger partial charge in [-0.25, -0.2) is 0 Å². The van der Waals surface area contributed by atoms with Gasteiger partial charge in [-0.1, -0.05) is 30.3 Å². The zero-order valence-electron chi connectivity index (χ0n) is 14.4. The van der Waals surface area contributed by atoms with Gasteiger partial charge in [-0.15, -0.1) is 0 Å². The highest BCUT2D eigenvalue weighted by molar-refractivity contribution is 6.05. The third-order valence-corrected chi connectivity index (χ3v) is 3.92. The number of nitrogens with zero attached hydrogens (tertiary/aromatic N) is 2. The summed E-state index contributed by atoms with van der Waals surface area (Å²) in [5.41, 5.74) is 4.24. The van der Waals surface area contributed by atoms with E-state index in [1.807, 2.05) is 74.5 Å². The molecule has 3 aromatic rings. The third-order valence-electron chi connectivity index (χ3n) is 3.92. The van der Waals surface area contributed by atoms with E-state index >= 15 is 0 Å². The van der Waals surface area contributed by atoms with E-state index in [9.17, 15) is 4.79 Å². The molecule has 0 bridgehead atoms. The number of amides is 1. The van der Waals surface area contributed by atoms with Crippen molar-refractivity contribution >= 4 is 23.0 Å². The van der Waals surface area contributed by atoms with Gasteiger partial charge < -0.3 is 10.2 Å². The van der Waals surface area contributed by atoms with Gasteiger partial charge in [0.1, 0.15) is 5.69 Å². The Bertz CT molecular complexity index is 862. The first-order chi connectivity index (χ1) is 12.2. The Morgan fingerprint density at radius 3 is 2.52 bits per heavy atom.